The summed E-state index contributed by atoms with van der Waals surface area (Å²) in [6.45, 7) is 3.40. The minimum atomic E-state index is -1.34. The Balaban J connectivity index is 2.41. The molecule has 6 nitrogen and oxygen atoms in total. The van der Waals surface area contributed by atoms with Crippen molar-refractivity contribution in [3.05, 3.63) is 39.4 Å². The number of likely N-dealkylation sites (N-methyl/N-ethyl adjacent to an activating group) is 1. The first-order valence-corrected chi connectivity index (χ1v) is 6.60. The normalized spacial score (nSPS) is 17.8. The SMILES string of the molecule is CCN(C(=O)c1cc(F)c(F)cc1[N+](=O)[O-])C1CCNC1. The van der Waals surface area contributed by atoms with Crippen molar-refractivity contribution < 1.29 is 18.5 Å². The van der Waals surface area contributed by atoms with Crippen molar-refractivity contribution in [1.29, 1.82) is 0 Å². The van der Waals surface area contributed by atoms with Gasteiger partial charge in [0.15, 0.2) is 11.6 Å². The van der Waals surface area contributed by atoms with Crippen LogP contribution in [0.25, 0.3) is 0 Å². The van der Waals surface area contributed by atoms with E-state index in [1.165, 1.54) is 4.90 Å². The largest absolute Gasteiger partial charge is 0.334 e. The number of carbonyl (C=O) groups is 1. The number of nitro benzene ring substituents is 1. The van der Waals surface area contributed by atoms with Crippen molar-refractivity contribution in [2.45, 2.75) is 19.4 Å². The smallest absolute Gasteiger partial charge is 0.285 e. The molecule has 1 atom stereocenters. The summed E-state index contributed by atoms with van der Waals surface area (Å²) in [4.78, 5) is 24.0. The van der Waals surface area contributed by atoms with Gasteiger partial charge < -0.3 is 10.2 Å². The van der Waals surface area contributed by atoms with Crippen LogP contribution in [0.15, 0.2) is 12.1 Å². The van der Waals surface area contributed by atoms with Gasteiger partial charge in [-0.1, -0.05) is 0 Å². The lowest BCUT2D eigenvalue weighted by molar-refractivity contribution is -0.385. The zero-order chi connectivity index (χ0) is 15.6. The van der Waals surface area contributed by atoms with E-state index in [0.29, 0.717) is 25.2 Å². The fraction of sp³-hybridized carbons (Fsp3) is 0.462. The van der Waals surface area contributed by atoms with E-state index in [2.05, 4.69) is 5.32 Å². The van der Waals surface area contributed by atoms with Gasteiger partial charge in [-0.2, -0.15) is 0 Å². The molecule has 0 spiro atoms. The molecule has 114 valence electrons. The fourth-order valence-electron chi connectivity index (χ4n) is 2.49. The van der Waals surface area contributed by atoms with Gasteiger partial charge in [0.1, 0.15) is 5.56 Å². The highest BCUT2D eigenvalue weighted by molar-refractivity contribution is 5.98. The molecular formula is C13H15F2N3O3. The average molecular weight is 299 g/mol. The molecule has 1 unspecified atom stereocenters. The van der Waals surface area contributed by atoms with Crippen LogP contribution in [0.2, 0.25) is 0 Å². The molecule has 1 saturated heterocycles. The minimum Gasteiger partial charge on any atom is -0.334 e. The second-order valence-corrected chi connectivity index (χ2v) is 4.78. The number of benzene rings is 1. The summed E-state index contributed by atoms with van der Waals surface area (Å²) in [5.41, 5.74) is -1.14. The first-order chi connectivity index (χ1) is 9.95. The maximum Gasteiger partial charge on any atom is 0.285 e. The van der Waals surface area contributed by atoms with E-state index in [-0.39, 0.29) is 6.04 Å². The number of halogens is 2. The van der Waals surface area contributed by atoms with Crippen LogP contribution in [0, 0.1) is 21.7 Å². The number of amides is 1. The summed E-state index contributed by atoms with van der Waals surface area (Å²) in [7, 11) is 0. The topological polar surface area (TPSA) is 75.5 Å². The molecule has 1 aromatic rings. The van der Waals surface area contributed by atoms with Gasteiger partial charge in [0.25, 0.3) is 11.6 Å². The van der Waals surface area contributed by atoms with Crippen molar-refractivity contribution in [2.24, 2.45) is 0 Å². The zero-order valence-corrected chi connectivity index (χ0v) is 11.4. The lowest BCUT2D eigenvalue weighted by Gasteiger charge is -2.27. The minimum absolute atomic E-state index is 0.102. The van der Waals surface area contributed by atoms with Gasteiger partial charge in [-0.15, -0.1) is 0 Å². The second-order valence-electron chi connectivity index (χ2n) is 4.78. The third kappa shape index (κ3) is 2.99. The van der Waals surface area contributed by atoms with Crippen molar-refractivity contribution in [3.63, 3.8) is 0 Å². The van der Waals surface area contributed by atoms with E-state index in [9.17, 15) is 23.7 Å². The predicted octanol–water partition coefficient (Wildman–Crippen LogP) is 1.70. The summed E-state index contributed by atoms with van der Waals surface area (Å²) >= 11 is 0. The van der Waals surface area contributed by atoms with Crippen molar-refractivity contribution in [2.75, 3.05) is 19.6 Å². The number of hydrogen-bond acceptors (Lipinski definition) is 4. The third-order valence-corrected chi connectivity index (χ3v) is 3.54. The van der Waals surface area contributed by atoms with Crippen LogP contribution in [-0.2, 0) is 0 Å². The molecule has 8 heteroatoms. The molecule has 0 aromatic heterocycles. The van der Waals surface area contributed by atoms with Crippen LogP contribution in [0.5, 0.6) is 0 Å². The maximum atomic E-state index is 13.3. The monoisotopic (exact) mass is 299 g/mol. The highest BCUT2D eigenvalue weighted by Crippen LogP contribution is 2.25. The Morgan fingerprint density at radius 1 is 1.48 bits per heavy atom. The average Bonchev–Trinajstić information content (AvgIpc) is 2.95. The standard InChI is InChI=1S/C13H15F2N3O3/c1-2-17(8-3-4-16-7-8)13(19)9-5-10(14)11(15)6-12(9)18(20)21/h5-6,8,16H,2-4,7H2,1H3. The van der Waals surface area contributed by atoms with E-state index in [1.807, 2.05) is 0 Å². The van der Waals surface area contributed by atoms with Crippen molar-refractivity contribution in [3.8, 4) is 0 Å². The molecule has 1 N–H and O–H groups in total. The molecule has 21 heavy (non-hydrogen) atoms. The van der Waals surface area contributed by atoms with Crippen LogP contribution >= 0.6 is 0 Å². The van der Waals surface area contributed by atoms with E-state index >= 15 is 0 Å². The summed E-state index contributed by atoms with van der Waals surface area (Å²) in [6, 6.07) is 0.944. The van der Waals surface area contributed by atoms with Crippen molar-refractivity contribution in [1.82, 2.24) is 10.2 Å². The van der Waals surface area contributed by atoms with Gasteiger partial charge >= 0.3 is 0 Å². The Morgan fingerprint density at radius 2 is 2.14 bits per heavy atom. The van der Waals surface area contributed by atoms with Crippen molar-refractivity contribution >= 4 is 11.6 Å². The first-order valence-electron chi connectivity index (χ1n) is 6.60. The van der Waals surface area contributed by atoms with Gasteiger partial charge in [0.2, 0.25) is 0 Å². The van der Waals surface area contributed by atoms with E-state index in [0.717, 1.165) is 13.0 Å². The van der Waals surface area contributed by atoms with Crippen LogP contribution in [-0.4, -0.2) is 41.4 Å². The fourth-order valence-corrected chi connectivity index (χ4v) is 2.49. The molecule has 2 rings (SSSR count). The van der Waals surface area contributed by atoms with Crippen LogP contribution < -0.4 is 5.32 Å². The molecule has 1 aromatic carbocycles. The Hall–Kier alpha value is -2.09. The number of nitro groups is 1. The number of nitrogens with one attached hydrogen (secondary N) is 1. The van der Waals surface area contributed by atoms with E-state index in [4.69, 9.17) is 0 Å². The lowest BCUT2D eigenvalue weighted by Crippen LogP contribution is -2.41. The van der Waals surface area contributed by atoms with Crippen LogP contribution in [0.4, 0.5) is 14.5 Å². The summed E-state index contributed by atoms with van der Waals surface area (Å²) in [5.74, 6) is -3.27. The molecular weight excluding hydrogens is 284 g/mol. The molecule has 1 aliphatic rings. The van der Waals surface area contributed by atoms with Gasteiger partial charge in [-0.05, 0) is 26.0 Å². The second kappa shape index (κ2) is 6.13. The van der Waals surface area contributed by atoms with Crippen LogP contribution in [0.1, 0.15) is 23.7 Å². The summed E-state index contributed by atoms with van der Waals surface area (Å²) in [5, 5.41) is 14.0. The van der Waals surface area contributed by atoms with Crippen LogP contribution in [0.3, 0.4) is 0 Å². The number of carbonyl (C=O) groups excluding carboxylic acids is 1. The molecule has 0 saturated carbocycles. The van der Waals surface area contributed by atoms with Gasteiger partial charge in [-0.25, -0.2) is 8.78 Å². The maximum absolute atomic E-state index is 13.3. The molecule has 1 aliphatic heterocycles. The zero-order valence-electron chi connectivity index (χ0n) is 11.4. The highest BCUT2D eigenvalue weighted by atomic mass is 19.2. The molecule has 0 aliphatic carbocycles. The first kappa shape index (κ1) is 15.3. The number of rotatable bonds is 4. The summed E-state index contributed by atoms with van der Waals surface area (Å²) < 4.78 is 26.5. The molecule has 0 radical (unpaired) electrons. The Kier molecular flexibility index (Phi) is 4.46. The van der Waals surface area contributed by atoms with Gasteiger partial charge in [0, 0.05) is 19.1 Å². The molecule has 1 heterocycles. The lowest BCUT2D eigenvalue weighted by atomic mass is 10.1. The number of hydrogen-bond donors (Lipinski definition) is 1. The highest BCUT2D eigenvalue weighted by Gasteiger charge is 2.31. The molecule has 1 fully saturated rings. The summed E-state index contributed by atoms with van der Waals surface area (Å²) in [6.07, 6.45) is 0.719. The van der Waals surface area contributed by atoms with Gasteiger partial charge in [0.05, 0.1) is 11.0 Å². The predicted molar refractivity (Wildman–Crippen MR) is 71.0 cm³/mol. The molecule has 1 amide bonds. The molecule has 0 bridgehead atoms. The Bertz CT molecular complexity index is 574. The third-order valence-electron chi connectivity index (χ3n) is 3.54. The number of nitrogens with zero attached hydrogens (tertiary/aromatic N) is 2. The van der Waals surface area contributed by atoms with E-state index in [1.54, 1.807) is 6.92 Å². The van der Waals surface area contributed by atoms with Gasteiger partial charge in [-0.3, -0.25) is 14.9 Å². The Labute approximate surface area is 119 Å². The quantitative estimate of drug-likeness (QED) is 0.678. The van der Waals surface area contributed by atoms with E-state index < -0.39 is 33.7 Å². The Morgan fingerprint density at radius 3 is 2.67 bits per heavy atom.